The number of carbonyl (C=O) groups is 1. The molecule has 16 heavy (non-hydrogen) atoms. The average Bonchev–Trinajstić information content (AvgIpc) is 2.79. The summed E-state index contributed by atoms with van der Waals surface area (Å²) in [6.07, 6.45) is 1.13. The van der Waals surface area contributed by atoms with E-state index in [0.717, 1.165) is 11.4 Å². The molecule has 0 spiro atoms. The molecule has 2 unspecified atom stereocenters. The van der Waals surface area contributed by atoms with E-state index in [2.05, 4.69) is 12.2 Å². The second-order valence-corrected chi connectivity index (χ2v) is 5.06. The van der Waals surface area contributed by atoms with Crippen molar-refractivity contribution in [3.63, 3.8) is 0 Å². The molecule has 2 atom stereocenters. The zero-order valence-corrected chi connectivity index (χ0v) is 10.1. The fourth-order valence-electron chi connectivity index (χ4n) is 1.60. The van der Waals surface area contributed by atoms with Crippen LogP contribution >= 0.6 is 11.3 Å². The molecule has 1 aromatic heterocycles. The molecule has 6 heteroatoms. The van der Waals surface area contributed by atoms with Gasteiger partial charge in [0.1, 0.15) is 15.6 Å². The Morgan fingerprint density at radius 3 is 2.69 bits per heavy atom. The number of nitrogens with two attached hydrogens (primary N) is 2. The third kappa shape index (κ3) is 1.80. The Hall–Kier alpha value is -1.43. The molecular weight excluding hydrogens is 226 g/mol. The maximum Gasteiger partial charge on any atom is 0.261 e. The van der Waals surface area contributed by atoms with Crippen LogP contribution in [0.3, 0.4) is 0 Å². The van der Waals surface area contributed by atoms with Gasteiger partial charge in [-0.1, -0.05) is 6.92 Å². The summed E-state index contributed by atoms with van der Waals surface area (Å²) in [5, 5.41) is 4.10. The molecule has 1 aromatic rings. The normalized spacial score (nSPS) is 22.9. The van der Waals surface area contributed by atoms with Gasteiger partial charge in [0, 0.05) is 6.04 Å². The Kier molecular flexibility index (Phi) is 2.67. The number of nitrogen functional groups attached to an aromatic ring is 1. The van der Waals surface area contributed by atoms with Gasteiger partial charge in [-0.2, -0.15) is 0 Å². The molecule has 88 valence electrons. The van der Waals surface area contributed by atoms with E-state index >= 15 is 0 Å². The van der Waals surface area contributed by atoms with E-state index in [0.29, 0.717) is 28.3 Å². The topological polar surface area (TPSA) is 90.4 Å². The number of nitrogens with one attached hydrogen (secondary N) is 1. The van der Waals surface area contributed by atoms with Gasteiger partial charge in [-0.3, -0.25) is 4.79 Å². The molecule has 0 saturated heterocycles. The fourth-order valence-corrected chi connectivity index (χ4v) is 2.60. The van der Waals surface area contributed by atoms with E-state index in [9.17, 15) is 4.79 Å². The molecule has 0 aromatic carbocycles. The molecule has 2 rings (SSSR count). The van der Waals surface area contributed by atoms with Gasteiger partial charge in [0.25, 0.3) is 5.91 Å². The first-order valence-corrected chi connectivity index (χ1v) is 5.88. The number of thiophene rings is 1. The number of ether oxygens (including phenoxy) is 1. The number of methoxy groups -OCH3 is 1. The summed E-state index contributed by atoms with van der Waals surface area (Å²) in [5.74, 6) is 0.667. The number of carbonyl (C=O) groups excluding carboxylic acids is 1. The first kappa shape index (κ1) is 11.1. The molecule has 1 fully saturated rings. The van der Waals surface area contributed by atoms with Crippen molar-refractivity contribution in [1.82, 2.24) is 0 Å². The van der Waals surface area contributed by atoms with Gasteiger partial charge in [-0.25, -0.2) is 0 Å². The van der Waals surface area contributed by atoms with Crippen LogP contribution in [0.4, 0.5) is 10.7 Å². The minimum Gasteiger partial charge on any atom is -0.492 e. The molecule has 0 radical (unpaired) electrons. The molecule has 1 saturated carbocycles. The lowest BCUT2D eigenvalue weighted by atomic mass is 10.3. The van der Waals surface area contributed by atoms with Gasteiger partial charge < -0.3 is 21.5 Å². The van der Waals surface area contributed by atoms with E-state index in [1.54, 1.807) is 0 Å². The number of anilines is 2. The highest BCUT2D eigenvalue weighted by Crippen LogP contribution is 2.45. The summed E-state index contributed by atoms with van der Waals surface area (Å²) < 4.78 is 5.19. The fraction of sp³-hybridized carbons (Fsp3) is 0.500. The smallest absolute Gasteiger partial charge is 0.261 e. The van der Waals surface area contributed by atoms with Crippen LogP contribution in [0.1, 0.15) is 23.0 Å². The monoisotopic (exact) mass is 241 g/mol. The molecule has 5 N–H and O–H groups in total. The summed E-state index contributed by atoms with van der Waals surface area (Å²) in [4.78, 5) is 11.5. The van der Waals surface area contributed by atoms with Crippen LogP contribution in [-0.2, 0) is 0 Å². The van der Waals surface area contributed by atoms with Crippen molar-refractivity contribution < 1.29 is 9.53 Å². The summed E-state index contributed by atoms with van der Waals surface area (Å²) in [6, 6.07) is 0.452. The highest BCUT2D eigenvalue weighted by molar-refractivity contribution is 7.19. The van der Waals surface area contributed by atoms with Crippen molar-refractivity contribution >= 4 is 27.9 Å². The van der Waals surface area contributed by atoms with Crippen LogP contribution in [0.5, 0.6) is 5.75 Å². The second-order valence-electron chi connectivity index (χ2n) is 4.04. The largest absolute Gasteiger partial charge is 0.492 e. The highest BCUT2D eigenvalue weighted by Gasteiger charge is 2.34. The molecule has 1 aliphatic carbocycles. The van der Waals surface area contributed by atoms with Crippen LogP contribution in [0.25, 0.3) is 0 Å². The second kappa shape index (κ2) is 3.86. The quantitative estimate of drug-likeness (QED) is 0.740. The van der Waals surface area contributed by atoms with Crippen molar-refractivity contribution in [2.45, 2.75) is 19.4 Å². The maximum atomic E-state index is 11.1. The Labute approximate surface area is 97.8 Å². The van der Waals surface area contributed by atoms with E-state index in [-0.39, 0.29) is 0 Å². The van der Waals surface area contributed by atoms with Crippen molar-refractivity contribution in [2.24, 2.45) is 11.7 Å². The molecule has 0 aliphatic heterocycles. The number of hydrogen-bond donors (Lipinski definition) is 3. The molecular formula is C10H15N3O2S. The third-order valence-corrected chi connectivity index (χ3v) is 3.89. The lowest BCUT2D eigenvalue weighted by molar-refractivity contribution is 0.100. The molecule has 1 aliphatic rings. The third-order valence-electron chi connectivity index (χ3n) is 2.75. The van der Waals surface area contributed by atoms with Gasteiger partial charge in [-0.15, -0.1) is 11.3 Å². The summed E-state index contributed by atoms with van der Waals surface area (Å²) >= 11 is 1.25. The van der Waals surface area contributed by atoms with Crippen molar-refractivity contribution in [3.8, 4) is 5.75 Å². The standard InChI is InChI=1S/C10H15N3O2S/c1-4-3-5(4)13-10-7(15-2)6(11)8(16-10)9(12)14/h4-5,13H,3,11H2,1-2H3,(H2,12,14). The zero-order valence-electron chi connectivity index (χ0n) is 9.24. The Morgan fingerprint density at radius 1 is 1.62 bits per heavy atom. The van der Waals surface area contributed by atoms with E-state index in [1.165, 1.54) is 18.4 Å². The Balaban J connectivity index is 2.29. The lowest BCUT2D eigenvalue weighted by Gasteiger charge is -2.05. The lowest BCUT2D eigenvalue weighted by Crippen LogP contribution is -2.10. The maximum absolute atomic E-state index is 11.1. The van der Waals surface area contributed by atoms with Gasteiger partial charge in [0.15, 0.2) is 5.75 Å². The van der Waals surface area contributed by atoms with E-state index in [1.807, 2.05) is 0 Å². The first-order chi connectivity index (χ1) is 7.54. The number of rotatable bonds is 4. The first-order valence-electron chi connectivity index (χ1n) is 5.07. The van der Waals surface area contributed by atoms with Gasteiger partial charge >= 0.3 is 0 Å². The van der Waals surface area contributed by atoms with Crippen LogP contribution < -0.4 is 21.5 Å². The molecule has 1 heterocycles. The van der Waals surface area contributed by atoms with E-state index in [4.69, 9.17) is 16.2 Å². The predicted octanol–water partition coefficient (Wildman–Crippen LogP) is 1.26. The molecule has 1 amide bonds. The molecule has 5 nitrogen and oxygen atoms in total. The zero-order chi connectivity index (χ0) is 11.9. The SMILES string of the molecule is COc1c(NC2CC2C)sc(C(N)=O)c1N. The number of primary amides is 1. The average molecular weight is 241 g/mol. The van der Waals surface area contributed by atoms with Crippen LogP contribution in [0.15, 0.2) is 0 Å². The van der Waals surface area contributed by atoms with Crippen molar-refractivity contribution in [3.05, 3.63) is 4.88 Å². The van der Waals surface area contributed by atoms with Gasteiger partial charge in [0.05, 0.1) is 7.11 Å². The number of amides is 1. The van der Waals surface area contributed by atoms with Crippen LogP contribution in [0, 0.1) is 5.92 Å². The summed E-state index contributed by atoms with van der Waals surface area (Å²) in [5.41, 5.74) is 11.4. The van der Waals surface area contributed by atoms with Crippen LogP contribution in [-0.4, -0.2) is 19.1 Å². The van der Waals surface area contributed by atoms with Crippen molar-refractivity contribution in [1.29, 1.82) is 0 Å². The van der Waals surface area contributed by atoms with E-state index < -0.39 is 5.91 Å². The predicted molar refractivity (Wildman–Crippen MR) is 65.0 cm³/mol. The summed E-state index contributed by atoms with van der Waals surface area (Å²) in [6.45, 7) is 2.16. The van der Waals surface area contributed by atoms with Gasteiger partial charge in [0.2, 0.25) is 0 Å². The van der Waals surface area contributed by atoms with Crippen molar-refractivity contribution in [2.75, 3.05) is 18.2 Å². The minimum absolute atomic E-state index is 0.329. The number of hydrogen-bond acceptors (Lipinski definition) is 5. The Bertz CT molecular complexity index is 430. The summed E-state index contributed by atoms with van der Waals surface area (Å²) in [7, 11) is 1.53. The highest BCUT2D eigenvalue weighted by atomic mass is 32.1. The minimum atomic E-state index is -0.516. The van der Waals surface area contributed by atoms with Crippen LogP contribution in [0.2, 0.25) is 0 Å². The van der Waals surface area contributed by atoms with Gasteiger partial charge in [-0.05, 0) is 12.3 Å². The Morgan fingerprint density at radius 2 is 2.25 bits per heavy atom. The molecule has 0 bridgehead atoms.